The van der Waals surface area contributed by atoms with Crippen molar-refractivity contribution in [3.8, 4) is 17.3 Å². The highest BCUT2D eigenvalue weighted by molar-refractivity contribution is 5.85. The molecule has 0 fully saturated rings. The van der Waals surface area contributed by atoms with E-state index < -0.39 is 0 Å². The molecule has 0 bridgehead atoms. The van der Waals surface area contributed by atoms with Gasteiger partial charge in [-0.15, -0.1) is 12.4 Å². The van der Waals surface area contributed by atoms with Crippen LogP contribution in [0.3, 0.4) is 0 Å². The lowest BCUT2D eigenvalue weighted by molar-refractivity contribution is 0.243. The van der Waals surface area contributed by atoms with E-state index in [-0.39, 0.29) is 24.0 Å². The summed E-state index contributed by atoms with van der Waals surface area (Å²) in [7, 11) is 0. The van der Waals surface area contributed by atoms with Crippen molar-refractivity contribution in [3.63, 3.8) is 0 Å². The second-order valence-corrected chi connectivity index (χ2v) is 7.67. The summed E-state index contributed by atoms with van der Waals surface area (Å²) >= 11 is 0. The van der Waals surface area contributed by atoms with Crippen molar-refractivity contribution in [2.45, 2.75) is 19.8 Å². The largest absolute Gasteiger partial charge is 0.478 e. The van der Waals surface area contributed by atoms with Crippen molar-refractivity contribution < 1.29 is 13.5 Å². The van der Waals surface area contributed by atoms with Gasteiger partial charge in [-0.1, -0.05) is 18.2 Å². The zero-order chi connectivity index (χ0) is 21.6. The van der Waals surface area contributed by atoms with Crippen LogP contribution in [0.25, 0.3) is 17.0 Å². The lowest BCUT2D eigenvalue weighted by Crippen LogP contribution is -2.30. The van der Waals surface area contributed by atoms with Gasteiger partial charge in [0, 0.05) is 37.0 Å². The molecular weight excluding hydrogens is 432 g/mol. The van der Waals surface area contributed by atoms with Gasteiger partial charge in [0.2, 0.25) is 5.88 Å². The third-order valence-electron chi connectivity index (χ3n) is 5.31. The monoisotopic (exact) mass is 457 g/mol. The molecule has 1 aliphatic heterocycles. The fourth-order valence-electron chi connectivity index (χ4n) is 3.65. The van der Waals surface area contributed by atoms with Crippen LogP contribution in [0, 0.1) is 18.6 Å². The number of halogens is 3. The first-order valence-electron chi connectivity index (χ1n) is 10.5. The molecule has 168 valence electrons. The number of ether oxygens (including phenoxy) is 1. The van der Waals surface area contributed by atoms with Gasteiger partial charge in [0.25, 0.3) is 0 Å². The molecule has 1 aliphatic rings. The van der Waals surface area contributed by atoms with Crippen LogP contribution in [0.5, 0.6) is 5.88 Å². The Hall–Kier alpha value is -2.83. The van der Waals surface area contributed by atoms with Gasteiger partial charge < -0.3 is 4.74 Å². The molecule has 0 spiro atoms. The van der Waals surface area contributed by atoms with E-state index in [4.69, 9.17) is 4.74 Å². The van der Waals surface area contributed by atoms with Crippen LogP contribution in [0.15, 0.2) is 60.7 Å². The molecule has 32 heavy (non-hydrogen) atoms. The first kappa shape index (κ1) is 23.8. The summed E-state index contributed by atoms with van der Waals surface area (Å²) in [6.45, 7) is 5.24. The Balaban J connectivity index is 0.00000289. The van der Waals surface area contributed by atoms with E-state index in [9.17, 15) is 8.78 Å². The van der Waals surface area contributed by atoms with E-state index in [1.807, 2.05) is 25.1 Å². The molecule has 0 N–H and O–H groups in total. The van der Waals surface area contributed by atoms with E-state index in [1.54, 1.807) is 12.1 Å². The number of aromatic nitrogens is 2. The molecule has 7 heteroatoms. The lowest BCUT2D eigenvalue weighted by Gasteiger charge is -2.26. The number of aryl methyl sites for hydroxylation is 1. The Labute approximate surface area is 193 Å². The lowest BCUT2D eigenvalue weighted by atomic mass is 9.99. The SMILES string of the molecule is Cc1cc(OCCCN2CC=C(c3ccc(F)cc3)CC2)nc(-c2ccc(F)cc2)n1.Cl. The molecule has 0 radical (unpaired) electrons. The van der Waals surface area contributed by atoms with E-state index >= 15 is 0 Å². The smallest absolute Gasteiger partial charge is 0.217 e. The van der Waals surface area contributed by atoms with E-state index in [1.165, 1.54) is 29.8 Å². The number of nitrogens with zero attached hydrogens (tertiary/aromatic N) is 3. The molecule has 1 aromatic heterocycles. The van der Waals surface area contributed by atoms with Crippen molar-refractivity contribution in [1.29, 1.82) is 0 Å². The quantitative estimate of drug-likeness (QED) is 0.426. The predicted octanol–water partition coefficient (Wildman–Crippen LogP) is 5.71. The van der Waals surface area contributed by atoms with Crippen molar-refractivity contribution in [2.24, 2.45) is 0 Å². The highest BCUT2D eigenvalue weighted by Gasteiger charge is 2.13. The Bertz CT molecular complexity index is 1060. The number of hydrogen-bond donors (Lipinski definition) is 0. The zero-order valence-electron chi connectivity index (χ0n) is 17.9. The van der Waals surface area contributed by atoms with Crippen molar-refractivity contribution in [1.82, 2.24) is 14.9 Å². The number of benzene rings is 2. The minimum absolute atomic E-state index is 0. The molecular formula is C25H26ClF2N3O. The summed E-state index contributed by atoms with van der Waals surface area (Å²) in [6, 6.07) is 14.6. The maximum Gasteiger partial charge on any atom is 0.217 e. The van der Waals surface area contributed by atoms with Crippen LogP contribution in [0.2, 0.25) is 0 Å². The maximum atomic E-state index is 13.2. The molecule has 4 rings (SSSR count). The molecule has 4 nitrogen and oxygen atoms in total. The fraction of sp³-hybridized carbons (Fsp3) is 0.280. The van der Waals surface area contributed by atoms with Gasteiger partial charge in [-0.3, -0.25) is 4.90 Å². The van der Waals surface area contributed by atoms with Crippen molar-refractivity contribution in [2.75, 3.05) is 26.2 Å². The highest BCUT2D eigenvalue weighted by Crippen LogP contribution is 2.23. The van der Waals surface area contributed by atoms with Gasteiger partial charge in [0.15, 0.2) is 5.82 Å². The molecule has 0 aliphatic carbocycles. The summed E-state index contributed by atoms with van der Waals surface area (Å²) in [5.74, 6) is 0.573. The van der Waals surface area contributed by atoms with E-state index in [0.717, 1.165) is 49.3 Å². The highest BCUT2D eigenvalue weighted by atomic mass is 35.5. The van der Waals surface area contributed by atoms with Gasteiger partial charge in [0.1, 0.15) is 11.6 Å². The summed E-state index contributed by atoms with van der Waals surface area (Å²) < 4.78 is 32.1. The first-order valence-corrected chi connectivity index (χ1v) is 10.5. The summed E-state index contributed by atoms with van der Waals surface area (Å²) in [5, 5.41) is 0. The number of rotatable bonds is 7. The Morgan fingerprint density at radius 2 is 1.59 bits per heavy atom. The normalized spacial score (nSPS) is 13.9. The first-order chi connectivity index (χ1) is 15.1. The maximum absolute atomic E-state index is 13.2. The molecule has 0 amide bonds. The second kappa shape index (κ2) is 11.2. The molecule has 0 saturated heterocycles. The summed E-state index contributed by atoms with van der Waals surface area (Å²) in [5.41, 5.74) is 3.93. The van der Waals surface area contributed by atoms with Gasteiger partial charge in [-0.25, -0.2) is 13.8 Å². The standard InChI is InChI=1S/C25H25F2N3O.ClH/c1-18-17-24(29-25(28-18)21-5-9-23(27)10-6-21)31-16-2-13-30-14-11-20(12-15-30)19-3-7-22(26)8-4-19;/h3-11,17H,2,12-16H2,1H3;1H. The fourth-order valence-corrected chi connectivity index (χ4v) is 3.65. The molecule has 0 saturated carbocycles. The van der Waals surface area contributed by atoms with E-state index in [0.29, 0.717) is 18.3 Å². The minimum atomic E-state index is -0.287. The van der Waals surface area contributed by atoms with Gasteiger partial charge in [-0.2, -0.15) is 4.98 Å². The number of hydrogen-bond acceptors (Lipinski definition) is 4. The van der Waals surface area contributed by atoms with Crippen LogP contribution in [0.1, 0.15) is 24.1 Å². The Kier molecular flexibility index (Phi) is 8.31. The molecule has 0 unspecified atom stereocenters. The molecule has 2 aromatic carbocycles. The predicted molar refractivity (Wildman–Crippen MR) is 125 cm³/mol. The van der Waals surface area contributed by atoms with Gasteiger partial charge in [-0.05, 0) is 67.3 Å². The van der Waals surface area contributed by atoms with Crippen LogP contribution >= 0.6 is 12.4 Å². The average Bonchev–Trinajstić information content (AvgIpc) is 2.78. The Morgan fingerprint density at radius 1 is 0.938 bits per heavy atom. The van der Waals surface area contributed by atoms with Crippen LogP contribution < -0.4 is 4.74 Å². The van der Waals surface area contributed by atoms with Crippen molar-refractivity contribution in [3.05, 3.63) is 83.6 Å². The molecule has 0 atom stereocenters. The van der Waals surface area contributed by atoms with Crippen LogP contribution in [0.4, 0.5) is 8.78 Å². The summed E-state index contributed by atoms with van der Waals surface area (Å²) in [6.07, 6.45) is 4.06. The van der Waals surface area contributed by atoms with Gasteiger partial charge >= 0.3 is 0 Å². The summed E-state index contributed by atoms with van der Waals surface area (Å²) in [4.78, 5) is 11.3. The van der Waals surface area contributed by atoms with Crippen LogP contribution in [-0.4, -0.2) is 41.1 Å². The zero-order valence-corrected chi connectivity index (χ0v) is 18.7. The minimum Gasteiger partial charge on any atom is -0.478 e. The molecule has 3 aromatic rings. The van der Waals surface area contributed by atoms with Crippen LogP contribution in [-0.2, 0) is 0 Å². The van der Waals surface area contributed by atoms with Gasteiger partial charge in [0.05, 0.1) is 6.61 Å². The second-order valence-electron chi connectivity index (χ2n) is 7.67. The third-order valence-corrected chi connectivity index (χ3v) is 5.31. The topological polar surface area (TPSA) is 38.2 Å². The molecule has 2 heterocycles. The van der Waals surface area contributed by atoms with E-state index in [2.05, 4.69) is 20.9 Å². The third kappa shape index (κ3) is 6.34. The average molecular weight is 458 g/mol. The van der Waals surface area contributed by atoms with Crippen molar-refractivity contribution >= 4 is 18.0 Å². The Morgan fingerprint density at radius 3 is 2.22 bits per heavy atom.